The highest BCUT2D eigenvalue weighted by Crippen LogP contribution is 2.38. The third kappa shape index (κ3) is 2.09. The number of hydrogen-bond acceptors (Lipinski definition) is 1. The molecule has 0 spiro atoms. The largest absolute Gasteiger partial charge is 0.321 e. The van der Waals surface area contributed by atoms with Crippen molar-refractivity contribution in [3.05, 3.63) is 35.4 Å². The Labute approximate surface area is 94.7 Å². The molecule has 0 saturated carbocycles. The van der Waals surface area contributed by atoms with Gasteiger partial charge in [-0.05, 0) is 43.2 Å². The van der Waals surface area contributed by atoms with E-state index >= 15 is 0 Å². The van der Waals surface area contributed by atoms with Crippen LogP contribution in [0.15, 0.2) is 24.3 Å². The first-order valence-corrected chi connectivity index (χ1v) is 5.65. The maximum Gasteiger partial charge on any atom is 0.256 e. The Balaban J connectivity index is 2.15. The normalized spacial score (nSPS) is 23.2. The number of benzene rings is 1. The Morgan fingerprint density at radius 1 is 1.44 bits per heavy atom. The number of rotatable bonds is 3. The summed E-state index contributed by atoms with van der Waals surface area (Å²) in [5, 5.41) is 0. The number of fused-ring (bicyclic) bond motifs is 1. The molecule has 1 aliphatic rings. The summed E-state index contributed by atoms with van der Waals surface area (Å²) in [6, 6.07) is 8.07. The summed E-state index contributed by atoms with van der Waals surface area (Å²) >= 11 is 0. The van der Waals surface area contributed by atoms with E-state index in [0.717, 1.165) is 12.8 Å². The van der Waals surface area contributed by atoms with Gasteiger partial charge in [0, 0.05) is 0 Å². The fourth-order valence-electron chi connectivity index (χ4n) is 2.48. The Bertz CT molecular complexity index is 374. The number of hydrogen-bond donors (Lipinski definition) is 1. The molecule has 1 aromatic carbocycles. The predicted molar refractivity (Wildman–Crippen MR) is 60.7 cm³/mol. The Morgan fingerprint density at radius 3 is 2.81 bits per heavy atom. The molecule has 1 aliphatic carbocycles. The van der Waals surface area contributed by atoms with Crippen LogP contribution in [0.1, 0.15) is 36.8 Å². The maximum atomic E-state index is 12.7. The molecule has 0 fully saturated rings. The van der Waals surface area contributed by atoms with Gasteiger partial charge in [-0.3, -0.25) is 0 Å². The molecule has 3 heteroatoms. The van der Waals surface area contributed by atoms with E-state index in [1.165, 1.54) is 18.1 Å². The lowest BCUT2D eigenvalue weighted by Gasteiger charge is -2.27. The third-order valence-electron chi connectivity index (χ3n) is 3.44. The highest BCUT2D eigenvalue weighted by atomic mass is 19.3. The second-order valence-electron chi connectivity index (χ2n) is 4.95. The number of alkyl halides is 2. The minimum atomic E-state index is -2.46. The van der Waals surface area contributed by atoms with Crippen LogP contribution in [0.3, 0.4) is 0 Å². The third-order valence-corrected chi connectivity index (χ3v) is 3.44. The van der Waals surface area contributed by atoms with Gasteiger partial charge < -0.3 is 5.73 Å². The van der Waals surface area contributed by atoms with Gasteiger partial charge in [-0.25, -0.2) is 8.78 Å². The molecule has 1 nitrogen and oxygen atoms in total. The molecule has 0 radical (unpaired) electrons. The molecule has 2 rings (SSSR count). The monoisotopic (exact) mass is 225 g/mol. The molecule has 0 saturated heterocycles. The van der Waals surface area contributed by atoms with Crippen molar-refractivity contribution in [1.82, 2.24) is 0 Å². The van der Waals surface area contributed by atoms with Gasteiger partial charge in [-0.15, -0.1) is 0 Å². The smallest absolute Gasteiger partial charge is 0.256 e. The number of aryl methyl sites for hydroxylation is 1. The van der Waals surface area contributed by atoms with Crippen molar-refractivity contribution in [1.29, 1.82) is 0 Å². The minimum absolute atomic E-state index is 0.195. The van der Waals surface area contributed by atoms with Crippen molar-refractivity contribution < 1.29 is 8.78 Å². The van der Waals surface area contributed by atoms with Crippen LogP contribution in [0.5, 0.6) is 0 Å². The zero-order valence-electron chi connectivity index (χ0n) is 9.42. The molecule has 2 unspecified atom stereocenters. The first-order valence-electron chi connectivity index (χ1n) is 5.65. The molecule has 88 valence electrons. The second-order valence-corrected chi connectivity index (χ2v) is 4.95. The number of halogens is 2. The van der Waals surface area contributed by atoms with E-state index in [1.54, 1.807) is 0 Å². The van der Waals surface area contributed by atoms with Crippen LogP contribution in [-0.4, -0.2) is 12.0 Å². The molecule has 2 N–H and O–H groups in total. The Morgan fingerprint density at radius 2 is 2.12 bits per heavy atom. The Hall–Kier alpha value is -0.960. The van der Waals surface area contributed by atoms with Gasteiger partial charge in [0.2, 0.25) is 0 Å². The van der Waals surface area contributed by atoms with E-state index in [2.05, 4.69) is 6.07 Å². The fourth-order valence-corrected chi connectivity index (χ4v) is 2.48. The van der Waals surface area contributed by atoms with Crippen LogP contribution in [0.4, 0.5) is 8.78 Å². The molecule has 0 bridgehead atoms. The van der Waals surface area contributed by atoms with Crippen molar-refractivity contribution in [2.75, 3.05) is 0 Å². The minimum Gasteiger partial charge on any atom is -0.321 e. The highest BCUT2D eigenvalue weighted by Gasteiger charge is 2.35. The van der Waals surface area contributed by atoms with Gasteiger partial charge in [0.15, 0.2) is 0 Å². The molecular weight excluding hydrogens is 208 g/mol. The molecule has 0 aromatic heterocycles. The zero-order chi connectivity index (χ0) is 11.8. The summed E-state index contributed by atoms with van der Waals surface area (Å²) in [6.45, 7) is 1.44. The van der Waals surface area contributed by atoms with E-state index in [-0.39, 0.29) is 5.92 Å². The first-order chi connectivity index (χ1) is 7.50. The lowest BCUT2D eigenvalue weighted by Crippen LogP contribution is -2.44. The van der Waals surface area contributed by atoms with Crippen molar-refractivity contribution >= 4 is 0 Å². The summed E-state index contributed by atoms with van der Waals surface area (Å²) < 4.78 is 25.4. The molecule has 0 heterocycles. The van der Waals surface area contributed by atoms with Crippen LogP contribution < -0.4 is 5.73 Å². The summed E-state index contributed by atoms with van der Waals surface area (Å²) in [5.74, 6) is 0.195. The van der Waals surface area contributed by atoms with E-state index in [9.17, 15) is 8.78 Å². The first kappa shape index (κ1) is 11.5. The van der Waals surface area contributed by atoms with Crippen LogP contribution in [0.2, 0.25) is 0 Å². The summed E-state index contributed by atoms with van der Waals surface area (Å²) in [4.78, 5) is 0. The topological polar surface area (TPSA) is 26.0 Å². The van der Waals surface area contributed by atoms with Gasteiger partial charge in [0.1, 0.15) is 0 Å². The van der Waals surface area contributed by atoms with Gasteiger partial charge in [0.25, 0.3) is 6.43 Å². The van der Waals surface area contributed by atoms with Gasteiger partial charge >= 0.3 is 0 Å². The molecule has 0 amide bonds. The summed E-state index contributed by atoms with van der Waals surface area (Å²) in [6.07, 6.45) is -0.166. The van der Waals surface area contributed by atoms with E-state index in [4.69, 9.17) is 5.73 Å². The van der Waals surface area contributed by atoms with E-state index in [1.807, 2.05) is 18.2 Å². The molecule has 2 atom stereocenters. The SMILES string of the molecule is CC(N)(CC1CCc2ccccc21)C(F)F. The van der Waals surface area contributed by atoms with Crippen molar-refractivity contribution in [3.8, 4) is 0 Å². The quantitative estimate of drug-likeness (QED) is 0.840. The van der Waals surface area contributed by atoms with Crippen molar-refractivity contribution in [2.45, 2.75) is 44.1 Å². The zero-order valence-corrected chi connectivity index (χ0v) is 9.42. The summed E-state index contributed by atoms with van der Waals surface area (Å²) in [7, 11) is 0. The standard InChI is InChI=1S/C13H17F2N/c1-13(16,12(14)15)8-10-7-6-9-4-2-3-5-11(9)10/h2-5,10,12H,6-8,16H2,1H3. The number of nitrogens with two attached hydrogens (primary N) is 1. The van der Waals surface area contributed by atoms with Crippen molar-refractivity contribution in [2.24, 2.45) is 5.73 Å². The molecular formula is C13H17F2N. The highest BCUT2D eigenvalue weighted by molar-refractivity contribution is 5.35. The van der Waals surface area contributed by atoms with Crippen LogP contribution in [-0.2, 0) is 6.42 Å². The van der Waals surface area contributed by atoms with Gasteiger partial charge in [-0.1, -0.05) is 24.3 Å². The van der Waals surface area contributed by atoms with Gasteiger partial charge in [-0.2, -0.15) is 0 Å². The van der Waals surface area contributed by atoms with Gasteiger partial charge in [0.05, 0.1) is 5.54 Å². The molecule has 16 heavy (non-hydrogen) atoms. The van der Waals surface area contributed by atoms with E-state index < -0.39 is 12.0 Å². The lowest BCUT2D eigenvalue weighted by atomic mass is 9.86. The van der Waals surface area contributed by atoms with Crippen LogP contribution in [0.25, 0.3) is 0 Å². The molecule has 0 aliphatic heterocycles. The second kappa shape index (κ2) is 4.13. The average Bonchev–Trinajstić information content (AvgIpc) is 2.61. The Kier molecular flexibility index (Phi) is 2.98. The van der Waals surface area contributed by atoms with Crippen LogP contribution in [0, 0.1) is 0 Å². The summed E-state index contributed by atoms with van der Waals surface area (Å²) in [5.41, 5.74) is 6.77. The fraction of sp³-hybridized carbons (Fsp3) is 0.538. The van der Waals surface area contributed by atoms with Crippen molar-refractivity contribution in [3.63, 3.8) is 0 Å². The van der Waals surface area contributed by atoms with Crippen LogP contribution >= 0.6 is 0 Å². The maximum absolute atomic E-state index is 12.7. The molecule has 1 aromatic rings. The average molecular weight is 225 g/mol. The van der Waals surface area contributed by atoms with E-state index in [0.29, 0.717) is 6.42 Å². The lowest BCUT2D eigenvalue weighted by molar-refractivity contribution is 0.0547. The predicted octanol–water partition coefficient (Wildman–Crippen LogP) is 3.09.